The second-order valence-electron chi connectivity index (χ2n) is 4.57. The van der Waals surface area contributed by atoms with Crippen LogP contribution in [0, 0.1) is 26.7 Å². The summed E-state index contributed by atoms with van der Waals surface area (Å²) in [7, 11) is 0. The number of hydrogen-bond acceptors (Lipinski definition) is 2. The van der Waals surface area contributed by atoms with E-state index in [4.69, 9.17) is 5.73 Å². The van der Waals surface area contributed by atoms with E-state index in [0.29, 0.717) is 0 Å². The van der Waals surface area contributed by atoms with Crippen molar-refractivity contribution in [2.45, 2.75) is 34.6 Å². The molecule has 3 heteroatoms. The number of carbonyl (C=O) groups is 1. The van der Waals surface area contributed by atoms with E-state index in [-0.39, 0.29) is 11.8 Å². The van der Waals surface area contributed by atoms with Gasteiger partial charge in [0.25, 0.3) is 0 Å². The predicted molar refractivity (Wildman–Crippen MR) is 68.5 cm³/mol. The van der Waals surface area contributed by atoms with Crippen molar-refractivity contribution < 1.29 is 4.79 Å². The Morgan fingerprint density at radius 3 is 2.31 bits per heavy atom. The van der Waals surface area contributed by atoms with E-state index >= 15 is 0 Å². The van der Waals surface area contributed by atoms with Gasteiger partial charge in [-0.3, -0.25) is 4.79 Å². The summed E-state index contributed by atoms with van der Waals surface area (Å²) < 4.78 is 0. The van der Waals surface area contributed by atoms with E-state index in [1.165, 1.54) is 0 Å². The molecule has 16 heavy (non-hydrogen) atoms. The lowest BCUT2D eigenvalue weighted by Crippen LogP contribution is -2.19. The number of nitrogens with two attached hydrogens (primary N) is 1. The zero-order chi connectivity index (χ0) is 12.5. The van der Waals surface area contributed by atoms with E-state index < -0.39 is 0 Å². The number of nitrogen functional groups attached to an aromatic ring is 1. The van der Waals surface area contributed by atoms with Crippen molar-refractivity contribution in [2.24, 2.45) is 5.92 Å². The van der Waals surface area contributed by atoms with Gasteiger partial charge in [-0.05, 0) is 37.5 Å². The smallest absolute Gasteiger partial charge is 0.226 e. The van der Waals surface area contributed by atoms with Gasteiger partial charge in [0, 0.05) is 17.3 Å². The van der Waals surface area contributed by atoms with Crippen LogP contribution in [0.5, 0.6) is 0 Å². The van der Waals surface area contributed by atoms with Crippen LogP contribution >= 0.6 is 0 Å². The van der Waals surface area contributed by atoms with Crippen LogP contribution in [-0.4, -0.2) is 5.91 Å². The molecule has 0 unspecified atom stereocenters. The Kier molecular flexibility index (Phi) is 3.58. The number of hydrogen-bond donors (Lipinski definition) is 2. The summed E-state index contributed by atoms with van der Waals surface area (Å²) in [4.78, 5) is 11.7. The van der Waals surface area contributed by atoms with E-state index in [2.05, 4.69) is 5.32 Å². The number of amides is 1. The van der Waals surface area contributed by atoms with Crippen molar-refractivity contribution in [3.8, 4) is 0 Å². The number of nitrogens with one attached hydrogen (secondary N) is 1. The normalized spacial score (nSPS) is 10.6. The van der Waals surface area contributed by atoms with Gasteiger partial charge in [0.15, 0.2) is 0 Å². The first-order chi connectivity index (χ1) is 7.34. The molecule has 1 aromatic rings. The number of carbonyl (C=O) groups excluding carboxylic acids is 1. The maximum atomic E-state index is 11.7. The topological polar surface area (TPSA) is 55.1 Å². The highest BCUT2D eigenvalue weighted by atomic mass is 16.1. The van der Waals surface area contributed by atoms with Gasteiger partial charge in [-0.1, -0.05) is 19.9 Å². The molecule has 0 aromatic heterocycles. The fraction of sp³-hybridized carbons (Fsp3) is 0.462. The Balaban J connectivity index is 3.15. The zero-order valence-corrected chi connectivity index (χ0v) is 10.6. The molecule has 0 saturated carbocycles. The summed E-state index contributed by atoms with van der Waals surface area (Å²) in [5, 5.41) is 2.93. The van der Waals surface area contributed by atoms with Crippen LogP contribution in [0.25, 0.3) is 0 Å². The fourth-order valence-corrected chi connectivity index (χ4v) is 1.66. The summed E-state index contributed by atoms with van der Waals surface area (Å²) in [6.07, 6.45) is 0. The van der Waals surface area contributed by atoms with Gasteiger partial charge in [0.05, 0.1) is 0 Å². The highest BCUT2D eigenvalue weighted by Crippen LogP contribution is 2.28. The lowest BCUT2D eigenvalue weighted by atomic mass is 10.0. The highest BCUT2D eigenvalue weighted by Gasteiger charge is 2.13. The third-order valence-corrected chi connectivity index (χ3v) is 2.80. The molecule has 1 aromatic carbocycles. The van der Waals surface area contributed by atoms with Crippen LogP contribution < -0.4 is 11.1 Å². The molecule has 0 bridgehead atoms. The summed E-state index contributed by atoms with van der Waals surface area (Å²) in [5.74, 6) is -0.00391. The number of aryl methyl sites for hydroxylation is 2. The van der Waals surface area contributed by atoms with Crippen molar-refractivity contribution in [2.75, 3.05) is 11.1 Å². The van der Waals surface area contributed by atoms with Crippen LogP contribution in [0.15, 0.2) is 6.07 Å². The second kappa shape index (κ2) is 4.56. The van der Waals surface area contributed by atoms with Crippen LogP contribution in [0.4, 0.5) is 11.4 Å². The molecular weight excluding hydrogens is 200 g/mol. The maximum Gasteiger partial charge on any atom is 0.226 e. The van der Waals surface area contributed by atoms with Gasteiger partial charge >= 0.3 is 0 Å². The standard InChI is InChI=1S/C13H20N2O/c1-7(2)13(16)15-12-9(4)6-8(3)11(14)10(12)5/h6-7H,14H2,1-5H3,(H,15,16). The second-order valence-corrected chi connectivity index (χ2v) is 4.57. The SMILES string of the molecule is Cc1cc(C)c(NC(=O)C(C)C)c(C)c1N. The molecule has 0 aliphatic rings. The van der Waals surface area contributed by atoms with Crippen LogP contribution in [0.2, 0.25) is 0 Å². The molecule has 0 saturated heterocycles. The van der Waals surface area contributed by atoms with Crippen LogP contribution in [0.3, 0.4) is 0 Å². The Hall–Kier alpha value is -1.51. The van der Waals surface area contributed by atoms with Gasteiger partial charge in [0.1, 0.15) is 0 Å². The molecule has 0 spiro atoms. The van der Waals surface area contributed by atoms with Crippen molar-refractivity contribution >= 4 is 17.3 Å². The van der Waals surface area contributed by atoms with Gasteiger partial charge in [-0.25, -0.2) is 0 Å². The third-order valence-electron chi connectivity index (χ3n) is 2.80. The Labute approximate surface area is 97.0 Å². The van der Waals surface area contributed by atoms with Gasteiger partial charge in [0.2, 0.25) is 5.91 Å². The van der Waals surface area contributed by atoms with Crippen molar-refractivity contribution in [3.63, 3.8) is 0 Å². The molecule has 0 aliphatic carbocycles. The van der Waals surface area contributed by atoms with E-state index in [9.17, 15) is 4.79 Å². The highest BCUT2D eigenvalue weighted by molar-refractivity contribution is 5.94. The molecule has 3 nitrogen and oxygen atoms in total. The molecule has 1 amide bonds. The van der Waals surface area contributed by atoms with Crippen molar-refractivity contribution in [3.05, 3.63) is 22.8 Å². The average Bonchev–Trinajstić information content (AvgIpc) is 2.20. The number of anilines is 2. The molecule has 0 fully saturated rings. The maximum absolute atomic E-state index is 11.7. The largest absolute Gasteiger partial charge is 0.398 e. The first-order valence-corrected chi connectivity index (χ1v) is 5.51. The molecule has 1 rings (SSSR count). The zero-order valence-electron chi connectivity index (χ0n) is 10.6. The summed E-state index contributed by atoms with van der Waals surface area (Å²) in [6.45, 7) is 9.64. The lowest BCUT2D eigenvalue weighted by molar-refractivity contribution is -0.118. The minimum absolute atomic E-state index is 0.0226. The molecule has 3 N–H and O–H groups in total. The molecule has 0 aliphatic heterocycles. The van der Waals surface area contributed by atoms with Crippen LogP contribution in [0.1, 0.15) is 30.5 Å². The van der Waals surface area contributed by atoms with Crippen molar-refractivity contribution in [1.29, 1.82) is 0 Å². The van der Waals surface area contributed by atoms with Crippen LogP contribution in [-0.2, 0) is 4.79 Å². The Bertz CT molecular complexity index is 422. The molecule has 0 radical (unpaired) electrons. The molecule has 88 valence electrons. The third kappa shape index (κ3) is 2.35. The van der Waals surface area contributed by atoms with E-state index in [1.54, 1.807) is 0 Å². The van der Waals surface area contributed by atoms with E-state index in [0.717, 1.165) is 28.1 Å². The first-order valence-electron chi connectivity index (χ1n) is 5.51. The molecular formula is C13H20N2O. The van der Waals surface area contributed by atoms with Crippen molar-refractivity contribution in [1.82, 2.24) is 0 Å². The Morgan fingerprint density at radius 1 is 1.25 bits per heavy atom. The molecule has 0 heterocycles. The Morgan fingerprint density at radius 2 is 1.81 bits per heavy atom. The monoisotopic (exact) mass is 220 g/mol. The summed E-state index contributed by atoms with van der Waals surface area (Å²) >= 11 is 0. The number of rotatable bonds is 2. The fourth-order valence-electron chi connectivity index (χ4n) is 1.66. The van der Waals surface area contributed by atoms with Gasteiger partial charge in [-0.15, -0.1) is 0 Å². The summed E-state index contributed by atoms with van der Waals surface area (Å²) in [5.41, 5.74) is 10.6. The summed E-state index contributed by atoms with van der Waals surface area (Å²) in [6, 6.07) is 2.00. The first kappa shape index (κ1) is 12.6. The minimum atomic E-state index is -0.0265. The van der Waals surface area contributed by atoms with E-state index in [1.807, 2.05) is 40.7 Å². The number of benzene rings is 1. The predicted octanol–water partition coefficient (Wildman–Crippen LogP) is 2.79. The van der Waals surface area contributed by atoms with Gasteiger partial charge in [-0.2, -0.15) is 0 Å². The minimum Gasteiger partial charge on any atom is -0.398 e. The molecule has 0 atom stereocenters. The average molecular weight is 220 g/mol. The quantitative estimate of drug-likeness (QED) is 0.753. The lowest BCUT2D eigenvalue weighted by Gasteiger charge is -2.16. The van der Waals surface area contributed by atoms with Gasteiger partial charge < -0.3 is 11.1 Å².